The predicted octanol–water partition coefficient (Wildman–Crippen LogP) is 4.39. The zero-order valence-corrected chi connectivity index (χ0v) is 13.0. The molecule has 1 aromatic heterocycles. The number of carbonyl (C=O) groups excluding carboxylic acids is 1. The summed E-state index contributed by atoms with van der Waals surface area (Å²) < 4.78 is 12.1. The minimum absolute atomic E-state index is 0.420. The SMILES string of the molecule is COc1cc2c(C)cn(C(=O)OC(C)(C)C)c2cc1Cl. The van der Waals surface area contributed by atoms with Crippen LogP contribution in [-0.4, -0.2) is 23.4 Å². The van der Waals surface area contributed by atoms with Crippen molar-refractivity contribution in [3.8, 4) is 5.75 Å². The molecule has 108 valence electrons. The van der Waals surface area contributed by atoms with Gasteiger partial charge >= 0.3 is 6.09 Å². The topological polar surface area (TPSA) is 40.5 Å². The summed E-state index contributed by atoms with van der Waals surface area (Å²) in [6.07, 6.45) is 1.32. The number of halogens is 1. The number of rotatable bonds is 1. The van der Waals surface area contributed by atoms with Crippen molar-refractivity contribution in [1.82, 2.24) is 4.57 Å². The van der Waals surface area contributed by atoms with Crippen LogP contribution in [-0.2, 0) is 4.74 Å². The molecule has 2 rings (SSSR count). The third-order valence-electron chi connectivity index (χ3n) is 2.87. The fraction of sp³-hybridized carbons (Fsp3) is 0.400. The maximum atomic E-state index is 12.2. The van der Waals surface area contributed by atoms with Gasteiger partial charge in [-0.1, -0.05) is 11.6 Å². The maximum absolute atomic E-state index is 12.2. The second-order valence-corrected chi connectivity index (χ2v) is 6.07. The van der Waals surface area contributed by atoms with Crippen LogP contribution in [0, 0.1) is 6.92 Å². The second kappa shape index (κ2) is 5.02. The Labute approximate surface area is 123 Å². The Bertz CT molecular complexity index is 668. The van der Waals surface area contributed by atoms with Crippen molar-refractivity contribution in [2.24, 2.45) is 0 Å². The molecule has 0 unspecified atom stereocenters. The van der Waals surface area contributed by atoms with Crippen molar-refractivity contribution < 1.29 is 14.3 Å². The van der Waals surface area contributed by atoms with Crippen molar-refractivity contribution in [2.75, 3.05) is 7.11 Å². The molecule has 1 aromatic carbocycles. The van der Waals surface area contributed by atoms with E-state index in [0.717, 1.165) is 10.9 Å². The number of benzene rings is 1. The second-order valence-electron chi connectivity index (χ2n) is 5.67. The summed E-state index contributed by atoms with van der Waals surface area (Å²) >= 11 is 6.13. The quantitative estimate of drug-likeness (QED) is 0.783. The van der Waals surface area contributed by atoms with E-state index in [-0.39, 0.29) is 0 Å². The molecule has 4 nitrogen and oxygen atoms in total. The van der Waals surface area contributed by atoms with Gasteiger partial charge in [0.2, 0.25) is 0 Å². The molecule has 0 aliphatic heterocycles. The molecule has 0 fully saturated rings. The monoisotopic (exact) mass is 295 g/mol. The van der Waals surface area contributed by atoms with E-state index in [4.69, 9.17) is 21.1 Å². The largest absolute Gasteiger partial charge is 0.495 e. The smallest absolute Gasteiger partial charge is 0.419 e. The van der Waals surface area contributed by atoms with Gasteiger partial charge in [0.15, 0.2) is 0 Å². The van der Waals surface area contributed by atoms with Gasteiger partial charge in [0.1, 0.15) is 11.4 Å². The zero-order chi connectivity index (χ0) is 15.1. The van der Waals surface area contributed by atoms with E-state index in [9.17, 15) is 4.79 Å². The van der Waals surface area contributed by atoms with E-state index in [1.807, 2.05) is 33.8 Å². The van der Waals surface area contributed by atoms with E-state index >= 15 is 0 Å². The highest BCUT2D eigenvalue weighted by atomic mass is 35.5. The van der Waals surface area contributed by atoms with Crippen LogP contribution in [0.25, 0.3) is 10.9 Å². The first-order valence-electron chi connectivity index (χ1n) is 6.31. The normalized spacial score (nSPS) is 11.7. The molecule has 2 aromatic rings. The summed E-state index contributed by atoms with van der Waals surface area (Å²) in [5.41, 5.74) is 1.13. The number of methoxy groups -OCH3 is 1. The Morgan fingerprint density at radius 1 is 1.30 bits per heavy atom. The number of aromatic nitrogens is 1. The summed E-state index contributed by atoms with van der Waals surface area (Å²) in [6.45, 7) is 7.43. The first-order valence-corrected chi connectivity index (χ1v) is 6.69. The molecule has 0 spiro atoms. The standard InChI is InChI=1S/C15H18ClNO3/c1-9-8-17(14(18)20-15(2,3)4)12-7-11(16)13(19-5)6-10(9)12/h6-8H,1-5H3. The minimum atomic E-state index is -0.544. The summed E-state index contributed by atoms with van der Waals surface area (Å²) in [6, 6.07) is 3.54. The minimum Gasteiger partial charge on any atom is -0.495 e. The van der Waals surface area contributed by atoms with E-state index in [0.29, 0.717) is 16.3 Å². The van der Waals surface area contributed by atoms with Crippen LogP contribution in [0.3, 0.4) is 0 Å². The fourth-order valence-electron chi connectivity index (χ4n) is 2.01. The molecular formula is C15H18ClNO3. The van der Waals surface area contributed by atoms with Gasteiger partial charge in [-0.2, -0.15) is 0 Å². The highest BCUT2D eigenvalue weighted by molar-refractivity contribution is 6.33. The molecule has 0 saturated heterocycles. The van der Waals surface area contributed by atoms with Crippen LogP contribution >= 0.6 is 11.6 Å². The van der Waals surface area contributed by atoms with Gasteiger partial charge in [0.25, 0.3) is 0 Å². The Morgan fingerprint density at radius 3 is 2.50 bits per heavy atom. The lowest BCUT2D eigenvalue weighted by Gasteiger charge is -2.19. The summed E-state index contributed by atoms with van der Waals surface area (Å²) in [7, 11) is 1.56. The highest BCUT2D eigenvalue weighted by Crippen LogP contribution is 2.32. The molecule has 0 atom stereocenters. The van der Waals surface area contributed by atoms with E-state index in [1.165, 1.54) is 4.57 Å². The number of hydrogen-bond donors (Lipinski definition) is 0. The van der Waals surface area contributed by atoms with Crippen molar-refractivity contribution in [3.05, 3.63) is 28.9 Å². The lowest BCUT2D eigenvalue weighted by atomic mass is 10.2. The van der Waals surface area contributed by atoms with Crippen LogP contribution in [0.1, 0.15) is 26.3 Å². The summed E-state index contributed by atoms with van der Waals surface area (Å²) in [5.74, 6) is 0.587. The van der Waals surface area contributed by atoms with E-state index in [2.05, 4.69) is 0 Å². The molecule has 0 aliphatic carbocycles. The molecule has 0 radical (unpaired) electrons. The van der Waals surface area contributed by atoms with Gasteiger partial charge < -0.3 is 9.47 Å². The predicted molar refractivity (Wildman–Crippen MR) is 79.9 cm³/mol. The summed E-state index contributed by atoms with van der Waals surface area (Å²) in [4.78, 5) is 12.2. The first-order chi connectivity index (χ1) is 9.23. The highest BCUT2D eigenvalue weighted by Gasteiger charge is 2.20. The van der Waals surface area contributed by atoms with Crippen molar-refractivity contribution in [1.29, 1.82) is 0 Å². The van der Waals surface area contributed by atoms with Gasteiger partial charge in [0, 0.05) is 11.6 Å². The number of aryl methyl sites for hydroxylation is 1. The zero-order valence-electron chi connectivity index (χ0n) is 12.3. The fourth-order valence-corrected chi connectivity index (χ4v) is 2.24. The molecule has 1 heterocycles. The summed E-state index contributed by atoms with van der Waals surface area (Å²) in [5, 5.41) is 1.38. The molecule has 0 bridgehead atoms. The molecule has 20 heavy (non-hydrogen) atoms. The maximum Gasteiger partial charge on any atom is 0.419 e. The van der Waals surface area contributed by atoms with Crippen molar-refractivity contribution in [2.45, 2.75) is 33.3 Å². The molecule has 0 N–H and O–H groups in total. The Morgan fingerprint density at radius 2 is 1.95 bits per heavy atom. The van der Waals surface area contributed by atoms with Gasteiger partial charge in [-0.25, -0.2) is 4.79 Å². The van der Waals surface area contributed by atoms with Gasteiger partial charge in [-0.05, 0) is 45.4 Å². The van der Waals surface area contributed by atoms with Gasteiger partial charge in [-0.15, -0.1) is 0 Å². The van der Waals surface area contributed by atoms with E-state index in [1.54, 1.807) is 19.4 Å². The third kappa shape index (κ3) is 2.75. The van der Waals surface area contributed by atoms with Crippen LogP contribution in [0.4, 0.5) is 4.79 Å². The lowest BCUT2D eigenvalue weighted by Crippen LogP contribution is -2.26. The number of ether oxygens (including phenoxy) is 2. The molecule has 5 heteroatoms. The average molecular weight is 296 g/mol. The average Bonchev–Trinajstić information content (AvgIpc) is 2.63. The molecule has 0 saturated carbocycles. The number of hydrogen-bond acceptors (Lipinski definition) is 3. The number of nitrogens with zero attached hydrogens (tertiary/aromatic N) is 1. The van der Waals surface area contributed by atoms with Gasteiger partial charge in [0.05, 0.1) is 17.6 Å². The Kier molecular flexibility index (Phi) is 3.69. The van der Waals surface area contributed by atoms with Crippen LogP contribution in [0.5, 0.6) is 5.75 Å². The number of fused-ring (bicyclic) bond motifs is 1. The van der Waals surface area contributed by atoms with Crippen molar-refractivity contribution in [3.63, 3.8) is 0 Å². The Balaban J connectivity index is 2.56. The lowest BCUT2D eigenvalue weighted by molar-refractivity contribution is 0.0544. The molecular weight excluding hydrogens is 278 g/mol. The van der Waals surface area contributed by atoms with Crippen molar-refractivity contribution >= 4 is 28.6 Å². The first kappa shape index (κ1) is 14.7. The van der Waals surface area contributed by atoms with E-state index < -0.39 is 11.7 Å². The van der Waals surface area contributed by atoms with Crippen LogP contribution in [0.15, 0.2) is 18.3 Å². The third-order valence-corrected chi connectivity index (χ3v) is 3.16. The molecule has 0 aliphatic rings. The molecule has 0 amide bonds. The Hall–Kier alpha value is -1.68. The van der Waals surface area contributed by atoms with Crippen LogP contribution < -0.4 is 4.74 Å². The van der Waals surface area contributed by atoms with Gasteiger partial charge in [-0.3, -0.25) is 4.57 Å². The van der Waals surface area contributed by atoms with Crippen LogP contribution in [0.2, 0.25) is 5.02 Å². The number of carbonyl (C=O) groups is 1.